The molecule has 1 aromatic carbocycles. The minimum Gasteiger partial charge on any atom is -0.310 e. The molecule has 0 aromatic heterocycles. The molecule has 1 aliphatic rings. The molecular formula is C18H27N. The van der Waals surface area contributed by atoms with Crippen LogP contribution in [0.4, 0.5) is 0 Å². The van der Waals surface area contributed by atoms with E-state index >= 15 is 0 Å². The van der Waals surface area contributed by atoms with E-state index in [1.54, 1.807) is 0 Å². The third-order valence-corrected chi connectivity index (χ3v) is 3.80. The summed E-state index contributed by atoms with van der Waals surface area (Å²) in [6.45, 7) is 10.1. The maximum atomic E-state index is 3.60. The smallest absolute Gasteiger partial charge is 0.0170 e. The summed E-state index contributed by atoms with van der Waals surface area (Å²) in [5, 5.41) is 3.60. The van der Waals surface area contributed by atoms with Gasteiger partial charge in [0.25, 0.3) is 0 Å². The molecule has 1 saturated carbocycles. The fraction of sp³-hybridized carbons (Fsp3) is 0.556. The largest absolute Gasteiger partial charge is 0.310 e. The molecule has 0 spiro atoms. The van der Waals surface area contributed by atoms with Gasteiger partial charge in [0.2, 0.25) is 0 Å². The van der Waals surface area contributed by atoms with Crippen LogP contribution >= 0.6 is 0 Å². The molecule has 1 aromatic rings. The van der Waals surface area contributed by atoms with E-state index in [-0.39, 0.29) is 5.41 Å². The second-order valence-electron chi connectivity index (χ2n) is 6.68. The van der Waals surface area contributed by atoms with Crippen molar-refractivity contribution in [3.05, 3.63) is 41.0 Å². The first-order valence-electron chi connectivity index (χ1n) is 7.52. The van der Waals surface area contributed by atoms with Crippen molar-refractivity contribution in [2.45, 2.75) is 58.4 Å². The maximum absolute atomic E-state index is 3.60. The Balaban J connectivity index is 2.02. The van der Waals surface area contributed by atoms with Crippen LogP contribution in [0.5, 0.6) is 0 Å². The van der Waals surface area contributed by atoms with Crippen molar-refractivity contribution in [1.82, 2.24) is 5.32 Å². The van der Waals surface area contributed by atoms with Gasteiger partial charge in [-0.2, -0.15) is 0 Å². The van der Waals surface area contributed by atoms with Crippen molar-refractivity contribution in [1.29, 1.82) is 0 Å². The van der Waals surface area contributed by atoms with Gasteiger partial charge in [0, 0.05) is 12.6 Å². The van der Waals surface area contributed by atoms with E-state index in [9.17, 15) is 0 Å². The third kappa shape index (κ3) is 4.50. The van der Waals surface area contributed by atoms with E-state index in [1.165, 1.54) is 29.5 Å². The number of nitrogens with one attached hydrogen (secondary N) is 1. The molecule has 0 bridgehead atoms. The monoisotopic (exact) mass is 257 g/mol. The molecule has 1 N–H and O–H groups in total. The van der Waals surface area contributed by atoms with E-state index in [4.69, 9.17) is 0 Å². The van der Waals surface area contributed by atoms with Gasteiger partial charge < -0.3 is 5.32 Å². The van der Waals surface area contributed by atoms with Crippen LogP contribution < -0.4 is 5.32 Å². The van der Waals surface area contributed by atoms with Crippen molar-refractivity contribution in [3.8, 4) is 0 Å². The maximum Gasteiger partial charge on any atom is 0.0170 e. The average Bonchev–Trinajstić information content (AvgIpc) is 3.18. The highest BCUT2D eigenvalue weighted by Crippen LogP contribution is 2.23. The molecule has 1 heteroatoms. The Morgan fingerprint density at radius 2 is 1.84 bits per heavy atom. The quantitative estimate of drug-likeness (QED) is 0.817. The number of hydrogen-bond donors (Lipinski definition) is 1. The van der Waals surface area contributed by atoms with Crippen LogP contribution in [0.25, 0.3) is 6.08 Å². The standard InChI is InChI=1S/C18H27N/c1-5-14(13-19-17-10-11-17)12-15-6-8-16(9-7-15)18(2,3)4/h6-9,12,17,19H,5,10-11,13H2,1-4H3. The molecule has 104 valence electrons. The van der Waals surface area contributed by atoms with Crippen molar-refractivity contribution in [3.63, 3.8) is 0 Å². The normalized spacial score (nSPS) is 16.7. The summed E-state index contributed by atoms with van der Waals surface area (Å²) in [7, 11) is 0. The van der Waals surface area contributed by atoms with Gasteiger partial charge in [-0.15, -0.1) is 0 Å². The van der Waals surface area contributed by atoms with E-state index < -0.39 is 0 Å². The van der Waals surface area contributed by atoms with Gasteiger partial charge in [0.15, 0.2) is 0 Å². The van der Waals surface area contributed by atoms with Crippen molar-refractivity contribution in [2.24, 2.45) is 0 Å². The predicted molar refractivity (Wildman–Crippen MR) is 84.4 cm³/mol. The molecule has 0 radical (unpaired) electrons. The van der Waals surface area contributed by atoms with Gasteiger partial charge in [-0.3, -0.25) is 0 Å². The van der Waals surface area contributed by atoms with Crippen molar-refractivity contribution >= 4 is 6.08 Å². The zero-order chi connectivity index (χ0) is 13.9. The second-order valence-corrected chi connectivity index (χ2v) is 6.68. The molecule has 1 nitrogen and oxygen atoms in total. The van der Waals surface area contributed by atoms with Crippen LogP contribution in [-0.4, -0.2) is 12.6 Å². The first-order valence-corrected chi connectivity index (χ1v) is 7.52. The van der Waals surface area contributed by atoms with Crippen LogP contribution in [0.1, 0.15) is 58.1 Å². The van der Waals surface area contributed by atoms with Crippen LogP contribution in [0.3, 0.4) is 0 Å². The van der Waals surface area contributed by atoms with Crippen molar-refractivity contribution < 1.29 is 0 Å². The van der Waals surface area contributed by atoms with Crippen LogP contribution in [0.15, 0.2) is 29.8 Å². The lowest BCUT2D eigenvalue weighted by Gasteiger charge is -2.19. The Morgan fingerprint density at radius 1 is 1.21 bits per heavy atom. The summed E-state index contributed by atoms with van der Waals surface area (Å²) in [5.74, 6) is 0. The fourth-order valence-electron chi connectivity index (χ4n) is 2.16. The van der Waals surface area contributed by atoms with Gasteiger partial charge >= 0.3 is 0 Å². The van der Waals surface area contributed by atoms with E-state index in [1.807, 2.05) is 0 Å². The molecule has 0 atom stereocenters. The lowest BCUT2D eigenvalue weighted by atomic mass is 9.86. The van der Waals surface area contributed by atoms with Gasteiger partial charge in [-0.05, 0) is 35.8 Å². The van der Waals surface area contributed by atoms with Gasteiger partial charge in [0.1, 0.15) is 0 Å². The first-order chi connectivity index (χ1) is 8.99. The summed E-state index contributed by atoms with van der Waals surface area (Å²) in [5.41, 5.74) is 4.46. The molecule has 2 rings (SSSR count). The Kier molecular flexibility index (Phi) is 4.46. The van der Waals surface area contributed by atoms with Gasteiger partial charge in [-0.1, -0.05) is 63.6 Å². The highest BCUT2D eigenvalue weighted by atomic mass is 14.9. The number of rotatable bonds is 5. The number of benzene rings is 1. The lowest BCUT2D eigenvalue weighted by molar-refractivity contribution is 0.590. The molecule has 1 aliphatic carbocycles. The second kappa shape index (κ2) is 5.92. The Labute approximate surface area is 118 Å². The molecule has 0 heterocycles. The van der Waals surface area contributed by atoms with Crippen LogP contribution in [0, 0.1) is 0 Å². The summed E-state index contributed by atoms with van der Waals surface area (Å²) >= 11 is 0. The summed E-state index contributed by atoms with van der Waals surface area (Å²) in [6.07, 6.45) is 6.18. The molecule has 1 fully saturated rings. The van der Waals surface area contributed by atoms with E-state index in [2.05, 4.69) is 63.4 Å². The molecule has 0 amide bonds. The molecule has 0 aliphatic heterocycles. The predicted octanol–water partition coefficient (Wildman–Crippen LogP) is 4.53. The molecular weight excluding hydrogens is 230 g/mol. The topological polar surface area (TPSA) is 12.0 Å². The summed E-state index contributed by atoms with van der Waals surface area (Å²) in [6, 6.07) is 9.79. The minimum atomic E-state index is 0.239. The Bertz CT molecular complexity index is 430. The first kappa shape index (κ1) is 14.3. The highest BCUT2D eigenvalue weighted by molar-refractivity contribution is 5.54. The SMILES string of the molecule is CCC(=Cc1ccc(C(C)(C)C)cc1)CNC1CC1. The fourth-order valence-corrected chi connectivity index (χ4v) is 2.16. The Hall–Kier alpha value is -1.08. The highest BCUT2D eigenvalue weighted by Gasteiger charge is 2.20. The van der Waals surface area contributed by atoms with Crippen LogP contribution in [-0.2, 0) is 5.41 Å². The Morgan fingerprint density at radius 3 is 2.32 bits per heavy atom. The third-order valence-electron chi connectivity index (χ3n) is 3.80. The summed E-state index contributed by atoms with van der Waals surface area (Å²) in [4.78, 5) is 0. The van der Waals surface area contributed by atoms with Gasteiger partial charge in [0.05, 0.1) is 0 Å². The summed E-state index contributed by atoms with van der Waals surface area (Å²) < 4.78 is 0. The molecule has 19 heavy (non-hydrogen) atoms. The van der Waals surface area contributed by atoms with E-state index in [0.29, 0.717) is 0 Å². The lowest BCUT2D eigenvalue weighted by Crippen LogP contribution is -2.18. The number of hydrogen-bond acceptors (Lipinski definition) is 1. The zero-order valence-electron chi connectivity index (χ0n) is 12.8. The van der Waals surface area contributed by atoms with E-state index in [0.717, 1.165) is 19.0 Å². The molecule has 0 unspecified atom stereocenters. The molecule has 0 saturated heterocycles. The minimum absolute atomic E-state index is 0.239. The zero-order valence-corrected chi connectivity index (χ0v) is 12.8. The van der Waals surface area contributed by atoms with Gasteiger partial charge in [-0.25, -0.2) is 0 Å². The van der Waals surface area contributed by atoms with Crippen LogP contribution in [0.2, 0.25) is 0 Å². The average molecular weight is 257 g/mol. The van der Waals surface area contributed by atoms with Crippen molar-refractivity contribution in [2.75, 3.05) is 6.54 Å².